The average Bonchev–Trinajstić information content (AvgIpc) is 0.811. The molecule has 0 aliphatic carbocycles. The Balaban J connectivity index is 0. The van der Waals surface area contributed by atoms with Crippen molar-refractivity contribution in [1.29, 1.82) is 0 Å². The second kappa shape index (κ2) is 5.06. The van der Waals surface area contributed by atoms with Gasteiger partial charge in [-0.2, -0.15) is 0 Å². The van der Waals surface area contributed by atoms with Crippen molar-refractivity contribution in [3.63, 3.8) is 0 Å². The third kappa shape index (κ3) is 42.2. The third-order valence-corrected chi connectivity index (χ3v) is 0. The number of hydrogen-bond acceptors (Lipinski definition) is 2. The normalized spacial score (nSPS) is 8.80. The Kier molecular flexibility index (Phi) is 9.53. The molecule has 0 N–H and O–H groups in total. The van der Waals surface area contributed by atoms with Crippen molar-refractivity contribution >= 4 is 8.03 Å². The Labute approximate surface area is 53.7 Å². The fourth-order valence-corrected chi connectivity index (χ4v) is 0. The van der Waals surface area contributed by atoms with Gasteiger partial charge in [-0.1, -0.05) is 4.57 Å². The van der Waals surface area contributed by atoms with E-state index in [1.165, 1.54) is 0 Å². The summed E-state index contributed by atoms with van der Waals surface area (Å²) >= 11 is 0. The molecular formula is CH3NaO2P+. The fourth-order valence-electron chi connectivity index (χ4n) is 0. The van der Waals surface area contributed by atoms with Gasteiger partial charge in [0, 0.05) is 0 Å². The van der Waals surface area contributed by atoms with Gasteiger partial charge < -0.3 is 4.89 Å². The van der Waals surface area contributed by atoms with Crippen molar-refractivity contribution in [2.75, 3.05) is 6.66 Å². The standard InChI is InChI=1S/CH3O2P.Na/c1-4(2)3;/h1H3;/q;+1. The topological polar surface area (TPSA) is 40.1 Å². The molecule has 0 heterocycles. The second-order valence-corrected chi connectivity index (χ2v) is 1.32. The molecular weight excluding hydrogens is 98.0 g/mol. The first-order chi connectivity index (χ1) is 1.73. The maximum absolute atomic E-state index is 9.04. The molecule has 0 fully saturated rings. The minimum absolute atomic E-state index is 0. The van der Waals surface area contributed by atoms with E-state index < -0.39 is 8.03 Å². The van der Waals surface area contributed by atoms with Crippen LogP contribution in [0.25, 0.3) is 0 Å². The van der Waals surface area contributed by atoms with Crippen LogP contribution in [0.15, 0.2) is 0 Å². The summed E-state index contributed by atoms with van der Waals surface area (Å²) in [5.74, 6) is 0. The van der Waals surface area contributed by atoms with Crippen LogP contribution in [-0.4, -0.2) is 6.66 Å². The quantitative estimate of drug-likeness (QED) is 0.237. The predicted molar refractivity (Wildman–Crippen MR) is 13.5 cm³/mol. The molecule has 0 aromatic rings. The minimum atomic E-state index is -2.12. The summed E-state index contributed by atoms with van der Waals surface area (Å²) in [5.41, 5.74) is 0. The average molecular weight is 101 g/mol. The van der Waals surface area contributed by atoms with Crippen LogP contribution < -0.4 is 34.5 Å². The summed E-state index contributed by atoms with van der Waals surface area (Å²) in [4.78, 5) is 9.04. The maximum atomic E-state index is 9.04. The first-order valence-electron chi connectivity index (χ1n) is 0.812. The Morgan fingerprint density at radius 2 is 1.80 bits per heavy atom. The van der Waals surface area contributed by atoms with E-state index in [1.54, 1.807) is 0 Å². The van der Waals surface area contributed by atoms with Crippen LogP contribution in [0.5, 0.6) is 0 Å². The van der Waals surface area contributed by atoms with Crippen molar-refractivity contribution in [1.82, 2.24) is 0 Å². The van der Waals surface area contributed by atoms with Crippen molar-refractivity contribution in [2.24, 2.45) is 0 Å². The van der Waals surface area contributed by atoms with Gasteiger partial charge in [0.2, 0.25) is 0 Å². The monoisotopic (exact) mass is 101 g/mol. The van der Waals surface area contributed by atoms with Gasteiger partial charge in [0.05, 0.1) is 0 Å². The van der Waals surface area contributed by atoms with Crippen molar-refractivity contribution in [2.45, 2.75) is 0 Å². The Hall–Kier alpha value is 1.06. The number of hydrogen-bond donors (Lipinski definition) is 0. The van der Waals surface area contributed by atoms with Crippen molar-refractivity contribution < 1.29 is 39.0 Å². The first-order valence-corrected chi connectivity index (χ1v) is 2.44. The number of rotatable bonds is 0. The third-order valence-electron chi connectivity index (χ3n) is 0. The summed E-state index contributed by atoms with van der Waals surface area (Å²) in [7, 11) is -2.12. The summed E-state index contributed by atoms with van der Waals surface area (Å²) in [6.07, 6.45) is 0. The van der Waals surface area contributed by atoms with Crippen molar-refractivity contribution in [3.05, 3.63) is 0 Å². The molecule has 0 saturated heterocycles. The van der Waals surface area contributed by atoms with Gasteiger partial charge in [0.1, 0.15) is 6.66 Å². The zero-order valence-corrected chi connectivity index (χ0v) is 6.16. The summed E-state index contributed by atoms with van der Waals surface area (Å²) in [6, 6.07) is 0. The van der Waals surface area contributed by atoms with Gasteiger partial charge in [0.15, 0.2) is 0 Å². The van der Waals surface area contributed by atoms with Gasteiger partial charge in [0.25, 0.3) is 0 Å². The van der Waals surface area contributed by atoms with Crippen LogP contribution >= 0.6 is 8.03 Å². The molecule has 0 rings (SSSR count). The fraction of sp³-hybridized carbons (Fsp3) is 1.00. The molecule has 1 unspecified atom stereocenters. The van der Waals surface area contributed by atoms with Gasteiger partial charge in [-0.15, -0.1) is 0 Å². The van der Waals surface area contributed by atoms with E-state index in [1.807, 2.05) is 0 Å². The molecule has 1 atom stereocenters. The van der Waals surface area contributed by atoms with E-state index in [4.69, 9.17) is 9.46 Å². The zero-order valence-electron chi connectivity index (χ0n) is 3.26. The van der Waals surface area contributed by atoms with Crippen LogP contribution in [0.1, 0.15) is 0 Å². The predicted octanol–water partition coefficient (Wildman–Crippen LogP) is -3.28. The van der Waals surface area contributed by atoms with E-state index in [9.17, 15) is 0 Å². The van der Waals surface area contributed by atoms with Crippen molar-refractivity contribution in [3.8, 4) is 0 Å². The van der Waals surface area contributed by atoms with Crippen LogP contribution in [0.2, 0.25) is 0 Å². The zero-order chi connectivity index (χ0) is 3.58. The molecule has 0 aliphatic heterocycles. The Morgan fingerprint density at radius 1 is 1.80 bits per heavy atom. The Bertz CT molecular complexity index is 32.6. The minimum Gasteiger partial charge on any atom is -0.596 e. The van der Waals surface area contributed by atoms with E-state index in [0.29, 0.717) is 0 Å². The molecule has 0 saturated carbocycles. The molecule has 2 nitrogen and oxygen atoms in total. The van der Waals surface area contributed by atoms with Gasteiger partial charge in [-0.3, -0.25) is 0 Å². The van der Waals surface area contributed by atoms with Gasteiger partial charge in [-0.25, -0.2) is 0 Å². The molecule has 5 heavy (non-hydrogen) atoms. The Morgan fingerprint density at radius 3 is 1.80 bits per heavy atom. The van der Waals surface area contributed by atoms with Crippen LogP contribution in [0.3, 0.4) is 0 Å². The van der Waals surface area contributed by atoms with E-state index in [0.717, 1.165) is 6.66 Å². The molecule has 0 spiro atoms. The van der Waals surface area contributed by atoms with Crippen LogP contribution in [-0.2, 0) is 4.57 Å². The molecule has 0 aliphatic rings. The van der Waals surface area contributed by atoms with Gasteiger partial charge in [-0.05, 0) is 0 Å². The second-order valence-electron chi connectivity index (χ2n) is 0.440. The summed E-state index contributed by atoms with van der Waals surface area (Å²) in [6.45, 7) is 1.12. The first kappa shape index (κ1) is 9.41. The van der Waals surface area contributed by atoms with E-state index in [2.05, 4.69) is 0 Å². The molecule has 0 aromatic carbocycles. The molecule has 0 bridgehead atoms. The van der Waals surface area contributed by atoms with E-state index >= 15 is 0 Å². The largest absolute Gasteiger partial charge is 1.00 e. The summed E-state index contributed by atoms with van der Waals surface area (Å²) < 4.78 is 9.04. The van der Waals surface area contributed by atoms with E-state index in [-0.39, 0.29) is 29.6 Å². The smallest absolute Gasteiger partial charge is 0.596 e. The summed E-state index contributed by atoms with van der Waals surface area (Å²) in [5, 5.41) is 0. The SMILES string of the molecule is C[P+](=O)[O-].[Na+]. The maximum Gasteiger partial charge on any atom is 1.00 e. The molecule has 0 radical (unpaired) electrons. The molecule has 0 amide bonds. The molecule has 24 valence electrons. The molecule has 4 heteroatoms. The van der Waals surface area contributed by atoms with Crippen LogP contribution in [0, 0.1) is 0 Å². The van der Waals surface area contributed by atoms with Crippen LogP contribution in [0.4, 0.5) is 0 Å². The van der Waals surface area contributed by atoms with Gasteiger partial charge >= 0.3 is 37.6 Å². The molecule has 0 aromatic heterocycles.